The summed E-state index contributed by atoms with van der Waals surface area (Å²) in [6, 6.07) is 11.7. The zero-order valence-electron chi connectivity index (χ0n) is 14.5. The van der Waals surface area contributed by atoms with E-state index in [1.165, 1.54) is 9.78 Å². The predicted molar refractivity (Wildman–Crippen MR) is 101 cm³/mol. The Morgan fingerprint density at radius 3 is 2.68 bits per heavy atom. The lowest BCUT2D eigenvalue weighted by atomic mass is 10.2. The van der Waals surface area contributed by atoms with E-state index in [0.29, 0.717) is 13.0 Å². The van der Waals surface area contributed by atoms with Crippen molar-refractivity contribution < 1.29 is 14.5 Å². The molecule has 1 saturated heterocycles. The summed E-state index contributed by atoms with van der Waals surface area (Å²) in [5.74, 6) is 0.186. The Labute approximate surface area is 152 Å². The summed E-state index contributed by atoms with van der Waals surface area (Å²) in [6.07, 6.45) is 1.54. The lowest BCUT2D eigenvalue weighted by Crippen LogP contribution is -3.11. The molecule has 0 radical (unpaired) electrons. The highest BCUT2D eigenvalue weighted by Crippen LogP contribution is 2.22. The number of hydrogen-bond acceptors (Lipinski definition) is 3. The fourth-order valence-electron chi connectivity index (χ4n) is 3.05. The average molecular weight is 358 g/mol. The number of carbonyl (C=O) groups excluding carboxylic acids is 2. The van der Waals surface area contributed by atoms with Gasteiger partial charge in [-0.15, -0.1) is 11.3 Å². The van der Waals surface area contributed by atoms with E-state index in [0.717, 1.165) is 37.4 Å². The van der Waals surface area contributed by atoms with Crippen LogP contribution in [-0.4, -0.2) is 31.4 Å². The SMILES string of the molecule is CC[NH+](CC(=O)Nc1ccc(N2CCCC2=O)cc1)Cc1cccs1. The summed E-state index contributed by atoms with van der Waals surface area (Å²) in [6.45, 7) is 5.10. The zero-order valence-corrected chi connectivity index (χ0v) is 15.3. The van der Waals surface area contributed by atoms with Gasteiger partial charge in [0.05, 0.1) is 11.4 Å². The molecule has 132 valence electrons. The van der Waals surface area contributed by atoms with Gasteiger partial charge in [0, 0.05) is 24.3 Å². The van der Waals surface area contributed by atoms with Crippen molar-refractivity contribution in [3.05, 3.63) is 46.7 Å². The third-order valence-corrected chi connectivity index (χ3v) is 5.33. The van der Waals surface area contributed by atoms with Crippen LogP contribution in [0.3, 0.4) is 0 Å². The van der Waals surface area contributed by atoms with E-state index in [2.05, 4.69) is 23.7 Å². The Balaban J connectivity index is 1.54. The summed E-state index contributed by atoms with van der Waals surface area (Å²) in [5.41, 5.74) is 1.67. The standard InChI is InChI=1S/C19H23N3O2S/c1-2-21(13-17-5-4-12-25-17)14-18(23)20-15-7-9-16(10-8-15)22-11-3-6-19(22)24/h4-5,7-10,12H,2-3,6,11,13-14H2,1H3,(H,20,23)/p+1. The van der Waals surface area contributed by atoms with Crippen LogP contribution in [0.4, 0.5) is 11.4 Å². The molecule has 1 fully saturated rings. The molecule has 0 aliphatic carbocycles. The molecule has 2 heterocycles. The molecule has 0 saturated carbocycles. The highest BCUT2D eigenvalue weighted by atomic mass is 32.1. The van der Waals surface area contributed by atoms with Crippen LogP contribution in [-0.2, 0) is 16.1 Å². The normalized spacial score (nSPS) is 15.4. The summed E-state index contributed by atoms with van der Waals surface area (Å²) >= 11 is 1.73. The molecule has 1 aliphatic rings. The summed E-state index contributed by atoms with van der Waals surface area (Å²) in [4.78, 5) is 28.4. The molecular weight excluding hydrogens is 334 g/mol. The fraction of sp³-hybridized carbons (Fsp3) is 0.368. The van der Waals surface area contributed by atoms with Gasteiger partial charge in [0.25, 0.3) is 5.91 Å². The van der Waals surface area contributed by atoms with Crippen molar-refractivity contribution in [1.82, 2.24) is 0 Å². The maximum absolute atomic E-state index is 12.3. The first kappa shape index (κ1) is 17.6. The number of anilines is 2. The van der Waals surface area contributed by atoms with Crippen LogP contribution in [0.5, 0.6) is 0 Å². The number of carbonyl (C=O) groups is 2. The van der Waals surface area contributed by atoms with Crippen molar-refractivity contribution in [2.24, 2.45) is 0 Å². The Kier molecular flexibility index (Phi) is 5.83. The van der Waals surface area contributed by atoms with Crippen LogP contribution in [0, 0.1) is 0 Å². The van der Waals surface area contributed by atoms with Gasteiger partial charge in [-0.05, 0) is 49.1 Å². The number of thiophene rings is 1. The van der Waals surface area contributed by atoms with Gasteiger partial charge in [0.1, 0.15) is 6.54 Å². The van der Waals surface area contributed by atoms with Crippen molar-refractivity contribution in [2.45, 2.75) is 26.3 Å². The molecule has 2 N–H and O–H groups in total. The number of likely N-dealkylation sites (N-methyl/N-ethyl adjacent to an activating group) is 1. The van der Waals surface area contributed by atoms with Gasteiger partial charge in [-0.3, -0.25) is 9.59 Å². The fourth-order valence-corrected chi connectivity index (χ4v) is 3.83. The molecule has 3 rings (SSSR count). The summed E-state index contributed by atoms with van der Waals surface area (Å²) in [5, 5.41) is 5.02. The van der Waals surface area contributed by atoms with Gasteiger partial charge in [-0.2, -0.15) is 0 Å². The molecule has 0 spiro atoms. The van der Waals surface area contributed by atoms with Crippen molar-refractivity contribution in [1.29, 1.82) is 0 Å². The first-order valence-corrected chi connectivity index (χ1v) is 9.60. The first-order valence-electron chi connectivity index (χ1n) is 8.72. The minimum Gasteiger partial charge on any atom is -0.323 e. The Morgan fingerprint density at radius 1 is 1.28 bits per heavy atom. The number of benzene rings is 1. The van der Waals surface area contributed by atoms with E-state index >= 15 is 0 Å². The molecule has 1 aliphatic heterocycles. The molecule has 2 amide bonds. The van der Waals surface area contributed by atoms with Crippen LogP contribution in [0.2, 0.25) is 0 Å². The number of hydrogen-bond donors (Lipinski definition) is 2. The first-order chi connectivity index (χ1) is 12.2. The minimum atomic E-state index is 0.0124. The van der Waals surface area contributed by atoms with Gasteiger partial charge < -0.3 is 15.1 Å². The topological polar surface area (TPSA) is 53.9 Å². The molecule has 1 unspecified atom stereocenters. The number of nitrogens with one attached hydrogen (secondary N) is 2. The number of amides is 2. The van der Waals surface area contributed by atoms with Gasteiger partial charge in [-0.1, -0.05) is 6.07 Å². The third kappa shape index (κ3) is 4.67. The van der Waals surface area contributed by atoms with E-state index < -0.39 is 0 Å². The Bertz CT molecular complexity index is 713. The predicted octanol–water partition coefficient (Wildman–Crippen LogP) is 1.92. The van der Waals surface area contributed by atoms with E-state index in [1.54, 1.807) is 16.2 Å². The molecule has 5 nitrogen and oxygen atoms in total. The van der Waals surface area contributed by atoms with Crippen molar-refractivity contribution in [2.75, 3.05) is 29.9 Å². The molecule has 1 aromatic carbocycles. The monoisotopic (exact) mass is 358 g/mol. The highest BCUT2D eigenvalue weighted by molar-refractivity contribution is 7.09. The quantitative estimate of drug-likeness (QED) is 0.795. The van der Waals surface area contributed by atoms with Crippen LogP contribution in [0.25, 0.3) is 0 Å². The van der Waals surface area contributed by atoms with Gasteiger partial charge in [-0.25, -0.2) is 0 Å². The second kappa shape index (κ2) is 8.27. The molecule has 1 atom stereocenters. The largest absolute Gasteiger partial charge is 0.323 e. The molecule has 6 heteroatoms. The lowest BCUT2D eigenvalue weighted by molar-refractivity contribution is -0.903. The van der Waals surface area contributed by atoms with E-state index in [4.69, 9.17) is 0 Å². The second-order valence-corrected chi connectivity index (χ2v) is 7.31. The third-order valence-electron chi connectivity index (χ3n) is 4.45. The maximum Gasteiger partial charge on any atom is 0.279 e. The van der Waals surface area contributed by atoms with Crippen molar-refractivity contribution >= 4 is 34.5 Å². The number of quaternary nitrogens is 1. The maximum atomic E-state index is 12.3. The Hall–Kier alpha value is -2.18. The van der Waals surface area contributed by atoms with Gasteiger partial charge in [0.2, 0.25) is 5.91 Å². The smallest absolute Gasteiger partial charge is 0.279 e. The second-order valence-electron chi connectivity index (χ2n) is 6.28. The number of rotatable bonds is 7. The molecule has 0 bridgehead atoms. The lowest BCUT2D eigenvalue weighted by Gasteiger charge is -2.17. The van der Waals surface area contributed by atoms with Crippen LogP contribution >= 0.6 is 11.3 Å². The average Bonchev–Trinajstić information content (AvgIpc) is 3.26. The van der Waals surface area contributed by atoms with Gasteiger partial charge >= 0.3 is 0 Å². The van der Waals surface area contributed by atoms with Crippen LogP contribution in [0.15, 0.2) is 41.8 Å². The van der Waals surface area contributed by atoms with E-state index in [-0.39, 0.29) is 11.8 Å². The minimum absolute atomic E-state index is 0.0124. The van der Waals surface area contributed by atoms with Crippen molar-refractivity contribution in [3.63, 3.8) is 0 Å². The van der Waals surface area contributed by atoms with Gasteiger partial charge in [0.15, 0.2) is 6.54 Å². The molecule has 2 aromatic rings. The van der Waals surface area contributed by atoms with Crippen LogP contribution in [0.1, 0.15) is 24.6 Å². The highest BCUT2D eigenvalue weighted by Gasteiger charge is 2.21. The summed E-state index contributed by atoms with van der Waals surface area (Å²) in [7, 11) is 0. The van der Waals surface area contributed by atoms with E-state index in [9.17, 15) is 9.59 Å². The molecule has 1 aromatic heterocycles. The van der Waals surface area contributed by atoms with Crippen molar-refractivity contribution in [3.8, 4) is 0 Å². The molecular formula is C19H24N3O2S+. The molecule has 25 heavy (non-hydrogen) atoms. The van der Waals surface area contributed by atoms with E-state index in [1.807, 2.05) is 30.3 Å². The Morgan fingerprint density at radius 2 is 2.08 bits per heavy atom. The van der Waals surface area contributed by atoms with Crippen LogP contribution < -0.4 is 15.1 Å². The summed E-state index contributed by atoms with van der Waals surface area (Å²) < 4.78 is 0. The number of nitrogens with zero attached hydrogens (tertiary/aromatic N) is 1. The zero-order chi connectivity index (χ0) is 17.6.